The van der Waals surface area contributed by atoms with E-state index < -0.39 is 5.97 Å². The van der Waals surface area contributed by atoms with E-state index >= 15 is 0 Å². The van der Waals surface area contributed by atoms with Gasteiger partial charge < -0.3 is 34.7 Å². The number of aliphatic carboxylic acids is 1. The van der Waals surface area contributed by atoms with Crippen molar-refractivity contribution in [2.75, 3.05) is 57.3 Å². The van der Waals surface area contributed by atoms with Gasteiger partial charge in [0.1, 0.15) is 6.54 Å². The molecule has 0 saturated carbocycles. The van der Waals surface area contributed by atoms with Gasteiger partial charge in [-0.05, 0) is 30.2 Å². The number of pyridine rings is 1. The molecular weight excluding hydrogens is 605 g/mol. The van der Waals surface area contributed by atoms with Crippen LogP contribution in [0, 0.1) is 5.92 Å². The number of piperidine rings is 1. The van der Waals surface area contributed by atoms with Crippen LogP contribution in [0.5, 0.6) is 11.6 Å². The second-order valence-electron chi connectivity index (χ2n) is 11.6. The van der Waals surface area contributed by atoms with E-state index in [9.17, 15) is 14.7 Å². The molecule has 2 saturated heterocycles. The largest absolute Gasteiger partial charge is 0.550 e. The van der Waals surface area contributed by atoms with Gasteiger partial charge in [-0.2, -0.15) is 0 Å². The molecule has 2 aliphatic rings. The molecule has 13 heteroatoms. The Labute approximate surface area is 267 Å². The van der Waals surface area contributed by atoms with Crippen LogP contribution in [0.15, 0.2) is 42.7 Å². The van der Waals surface area contributed by atoms with Crippen LogP contribution in [0.1, 0.15) is 31.7 Å². The molecule has 2 aromatic heterocycles. The molecule has 44 heavy (non-hydrogen) atoms. The minimum atomic E-state index is -1.01. The average Bonchev–Trinajstić information content (AvgIpc) is 3.00. The zero-order valence-electron chi connectivity index (χ0n) is 24.8. The lowest BCUT2D eigenvalue weighted by Gasteiger charge is -2.32. The van der Waals surface area contributed by atoms with Crippen LogP contribution in [0.2, 0.25) is 10.0 Å². The Balaban J connectivity index is 1.27. The highest BCUT2D eigenvalue weighted by Gasteiger charge is 2.24. The first-order valence-corrected chi connectivity index (χ1v) is 15.8. The first kappa shape index (κ1) is 31.9. The van der Waals surface area contributed by atoms with Crippen LogP contribution in [-0.2, 0) is 16.1 Å². The van der Waals surface area contributed by atoms with E-state index in [1.54, 1.807) is 25.4 Å². The Morgan fingerprint density at radius 2 is 1.68 bits per heavy atom. The molecule has 234 valence electrons. The molecule has 2 fully saturated rings. The van der Waals surface area contributed by atoms with E-state index in [4.69, 9.17) is 32.9 Å². The molecular formula is C31H38Cl2N7O4+. The summed E-state index contributed by atoms with van der Waals surface area (Å²) in [5, 5.41) is 14.8. The first-order chi connectivity index (χ1) is 21.2. The number of carbonyl (C=O) groups is 2. The van der Waals surface area contributed by atoms with Gasteiger partial charge in [0, 0.05) is 65.9 Å². The van der Waals surface area contributed by atoms with Crippen LogP contribution in [0.3, 0.4) is 0 Å². The molecule has 0 radical (unpaired) electrons. The van der Waals surface area contributed by atoms with Gasteiger partial charge in [-0.15, -0.1) is 0 Å². The SMILES string of the molecule is CC(=O)NCC1CC[NH+](Cc2cc(Oc3cnc(N4CC[NH+](CCC(=O)[O-])CC4)nc3)nc(-c3cc(Cl)cc(Cl)c3)c2)CC1. The summed E-state index contributed by atoms with van der Waals surface area (Å²) in [5.74, 6) is 1.02. The number of rotatable bonds is 11. The number of amides is 1. The second-order valence-corrected chi connectivity index (χ2v) is 12.5. The van der Waals surface area contributed by atoms with Crippen molar-refractivity contribution in [3.63, 3.8) is 0 Å². The lowest BCUT2D eigenvalue weighted by atomic mass is 9.96. The maximum Gasteiger partial charge on any atom is 0.225 e. The maximum atomic E-state index is 11.3. The Morgan fingerprint density at radius 3 is 2.32 bits per heavy atom. The molecule has 0 atom stereocenters. The van der Waals surface area contributed by atoms with Crippen molar-refractivity contribution in [1.29, 1.82) is 0 Å². The number of ether oxygens (including phenoxy) is 1. The molecule has 2 aliphatic heterocycles. The van der Waals surface area contributed by atoms with Crippen LogP contribution in [-0.4, -0.2) is 79.2 Å². The summed E-state index contributed by atoms with van der Waals surface area (Å²) in [7, 11) is 0. The summed E-state index contributed by atoms with van der Waals surface area (Å²) < 4.78 is 6.18. The predicted molar refractivity (Wildman–Crippen MR) is 165 cm³/mol. The van der Waals surface area contributed by atoms with Gasteiger partial charge in [0.05, 0.1) is 63.9 Å². The van der Waals surface area contributed by atoms with E-state index in [2.05, 4.69) is 26.3 Å². The monoisotopic (exact) mass is 642 g/mol. The van der Waals surface area contributed by atoms with Crippen molar-refractivity contribution in [2.24, 2.45) is 5.92 Å². The summed E-state index contributed by atoms with van der Waals surface area (Å²) in [6.07, 6.45) is 5.47. The van der Waals surface area contributed by atoms with E-state index in [0.717, 1.165) is 76.3 Å². The number of carbonyl (C=O) groups excluding carboxylic acids is 2. The number of nitrogens with zero attached hydrogens (tertiary/aromatic N) is 4. The molecule has 1 aromatic carbocycles. The number of likely N-dealkylation sites (tertiary alicyclic amines) is 1. The molecule has 3 aromatic rings. The normalized spacial score (nSPS) is 19.0. The van der Waals surface area contributed by atoms with Crippen molar-refractivity contribution in [3.8, 4) is 22.9 Å². The van der Waals surface area contributed by atoms with E-state index in [1.807, 2.05) is 18.2 Å². The van der Waals surface area contributed by atoms with Crippen LogP contribution in [0.4, 0.5) is 5.95 Å². The Kier molecular flexibility index (Phi) is 10.9. The zero-order chi connectivity index (χ0) is 31.1. The number of hydrogen-bond acceptors (Lipinski definition) is 8. The summed E-state index contributed by atoms with van der Waals surface area (Å²) >= 11 is 12.6. The number of halogens is 2. The summed E-state index contributed by atoms with van der Waals surface area (Å²) in [6, 6.07) is 9.37. The van der Waals surface area contributed by atoms with E-state index in [-0.39, 0.29) is 12.3 Å². The number of hydrogen-bond donors (Lipinski definition) is 3. The number of nitrogens with one attached hydrogen (secondary N) is 3. The van der Waals surface area contributed by atoms with Gasteiger partial charge in [0.25, 0.3) is 0 Å². The highest BCUT2D eigenvalue weighted by atomic mass is 35.5. The molecule has 5 rings (SSSR count). The smallest absolute Gasteiger partial charge is 0.225 e. The third kappa shape index (κ3) is 9.25. The molecule has 3 N–H and O–H groups in total. The Bertz CT molecular complexity index is 1420. The first-order valence-electron chi connectivity index (χ1n) is 15.0. The zero-order valence-corrected chi connectivity index (χ0v) is 26.3. The molecule has 0 spiro atoms. The minimum Gasteiger partial charge on any atom is -0.550 e. The molecule has 0 aliphatic carbocycles. The molecule has 0 unspecified atom stereocenters. The maximum absolute atomic E-state index is 11.3. The topological polar surface area (TPSA) is 129 Å². The van der Waals surface area contributed by atoms with E-state index in [1.165, 1.54) is 9.80 Å². The number of benzene rings is 1. The summed E-state index contributed by atoms with van der Waals surface area (Å²) in [6.45, 7) is 8.81. The van der Waals surface area contributed by atoms with Gasteiger partial charge >= 0.3 is 0 Å². The molecule has 4 heterocycles. The number of aromatic nitrogens is 3. The number of quaternary nitrogens is 2. The van der Waals surface area contributed by atoms with Gasteiger partial charge in [0.2, 0.25) is 17.7 Å². The lowest BCUT2D eigenvalue weighted by Crippen LogP contribution is -3.15. The van der Waals surface area contributed by atoms with Crippen molar-refractivity contribution < 1.29 is 29.2 Å². The van der Waals surface area contributed by atoms with E-state index in [0.29, 0.717) is 45.8 Å². The number of carboxylic acid groups (broad SMARTS) is 1. The third-order valence-corrected chi connectivity index (χ3v) is 8.64. The predicted octanol–water partition coefficient (Wildman–Crippen LogP) is 0.414. The van der Waals surface area contributed by atoms with Gasteiger partial charge in [0.15, 0.2) is 5.75 Å². The van der Waals surface area contributed by atoms with Crippen molar-refractivity contribution in [3.05, 3.63) is 58.3 Å². The highest BCUT2D eigenvalue weighted by Crippen LogP contribution is 2.30. The fourth-order valence-corrected chi connectivity index (χ4v) is 6.33. The van der Waals surface area contributed by atoms with Crippen LogP contribution < -0.4 is 29.9 Å². The van der Waals surface area contributed by atoms with Crippen LogP contribution in [0.25, 0.3) is 11.3 Å². The average molecular weight is 644 g/mol. The van der Waals surface area contributed by atoms with Crippen molar-refractivity contribution >= 4 is 41.0 Å². The van der Waals surface area contributed by atoms with Crippen molar-refractivity contribution in [1.82, 2.24) is 20.3 Å². The van der Waals surface area contributed by atoms with Gasteiger partial charge in [-0.3, -0.25) is 4.79 Å². The lowest BCUT2D eigenvalue weighted by molar-refractivity contribution is -0.919. The number of carboxylic acids is 1. The minimum absolute atomic E-state index is 0.0182. The summed E-state index contributed by atoms with van der Waals surface area (Å²) in [4.78, 5) is 40.7. The molecule has 11 nitrogen and oxygen atoms in total. The standard InChI is InChI=1S/C31H37Cl2N7O4/c1-21(41)34-17-22-2-5-39(6-3-22)20-23-12-28(24-14-25(32)16-26(33)15-24)37-29(13-23)44-27-18-35-31(36-19-27)40-10-8-38(9-11-40)7-4-30(42)43/h12-16,18-19,22H,2-11,17,20H2,1H3,(H,34,41)(H,42,43)/p+1. The molecule has 0 bridgehead atoms. The fourth-order valence-electron chi connectivity index (χ4n) is 5.80. The third-order valence-electron chi connectivity index (χ3n) is 8.20. The van der Waals surface area contributed by atoms with Crippen LogP contribution >= 0.6 is 23.2 Å². The highest BCUT2D eigenvalue weighted by molar-refractivity contribution is 6.35. The number of piperazine rings is 1. The quantitative estimate of drug-likeness (QED) is 0.274. The van der Waals surface area contributed by atoms with Crippen molar-refractivity contribution in [2.45, 2.75) is 32.7 Å². The fraction of sp³-hybridized carbons (Fsp3) is 0.452. The summed E-state index contributed by atoms with van der Waals surface area (Å²) in [5.41, 5.74) is 2.58. The number of anilines is 1. The molecule has 1 amide bonds. The Morgan fingerprint density at radius 1 is 1.00 bits per heavy atom. The second kappa shape index (κ2) is 15.0. The van der Waals surface area contributed by atoms with Gasteiger partial charge in [-0.1, -0.05) is 23.2 Å². The van der Waals surface area contributed by atoms with Gasteiger partial charge in [-0.25, -0.2) is 15.0 Å². The Hall–Kier alpha value is -3.51.